The Morgan fingerprint density at radius 1 is 1.29 bits per heavy atom. The van der Waals surface area contributed by atoms with Gasteiger partial charge in [-0.2, -0.15) is 0 Å². The van der Waals surface area contributed by atoms with Gasteiger partial charge in [-0.3, -0.25) is 4.79 Å². The van der Waals surface area contributed by atoms with Crippen molar-refractivity contribution in [1.82, 2.24) is 4.90 Å². The minimum atomic E-state index is -3.46. The number of carbonyl (C=O) groups excluding carboxylic acids is 1. The predicted octanol–water partition coefficient (Wildman–Crippen LogP) is 0.666. The highest BCUT2D eigenvalue weighted by molar-refractivity contribution is 7.91. The number of hydrogen-bond acceptors (Lipinski definition) is 5. The number of hydrogen-bond donors (Lipinski definition) is 1. The Bertz CT molecular complexity index is 555. The van der Waals surface area contributed by atoms with Crippen LogP contribution in [0.5, 0.6) is 5.75 Å². The smallest absolute Gasteiger partial charge is 0.223 e. The van der Waals surface area contributed by atoms with Crippen LogP contribution in [-0.2, 0) is 14.6 Å². The molecular formula is C14H22N2O4S. The first-order valence-electron chi connectivity index (χ1n) is 6.71. The van der Waals surface area contributed by atoms with E-state index in [1.54, 1.807) is 19.2 Å². The molecule has 0 bridgehead atoms. The lowest BCUT2D eigenvalue weighted by Gasteiger charge is -2.16. The SMILES string of the molecule is COc1ccc(S(=O)(=O)CCC(=O)N(C)CCCN)cc1. The molecule has 0 atom stereocenters. The van der Waals surface area contributed by atoms with Crippen molar-refractivity contribution >= 4 is 15.7 Å². The van der Waals surface area contributed by atoms with Gasteiger partial charge in [0.25, 0.3) is 0 Å². The third-order valence-corrected chi connectivity index (χ3v) is 4.86. The van der Waals surface area contributed by atoms with E-state index in [-0.39, 0.29) is 23.0 Å². The van der Waals surface area contributed by atoms with Gasteiger partial charge in [-0.1, -0.05) is 0 Å². The average Bonchev–Trinajstić information content (AvgIpc) is 2.50. The summed E-state index contributed by atoms with van der Waals surface area (Å²) in [5.41, 5.74) is 5.38. The van der Waals surface area contributed by atoms with E-state index in [1.807, 2.05) is 0 Å². The summed E-state index contributed by atoms with van der Waals surface area (Å²) in [4.78, 5) is 13.5. The molecule has 0 spiro atoms. The summed E-state index contributed by atoms with van der Waals surface area (Å²) in [5.74, 6) is 0.192. The van der Waals surface area contributed by atoms with E-state index in [0.29, 0.717) is 25.3 Å². The largest absolute Gasteiger partial charge is 0.497 e. The number of rotatable bonds is 8. The summed E-state index contributed by atoms with van der Waals surface area (Å²) < 4.78 is 29.3. The Morgan fingerprint density at radius 3 is 2.43 bits per heavy atom. The molecule has 0 saturated carbocycles. The van der Waals surface area contributed by atoms with Crippen LogP contribution in [0.4, 0.5) is 0 Å². The first-order chi connectivity index (χ1) is 9.90. The Kier molecular flexibility index (Phi) is 6.64. The van der Waals surface area contributed by atoms with Crippen molar-refractivity contribution in [2.75, 3.05) is 33.0 Å². The maximum absolute atomic E-state index is 12.1. The first kappa shape index (κ1) is 17.5. The van der Waals surface area contributed by atoms with Crippen LogP contribution in [0, 0.1) is 0 Å². The van der Waals surface area contributed by atoms with Gasteiger partial charge < -0.3 is 15.4 Å². The van der Waals surface area contributed by atoms with E-state index in [1.165, 1.54) is 24.1 Å². The normalized spacial score (nSPS) is 11.2. The van der Waals surface area contributed by atoms with Crippen molar-refractivity contribution in [3.63, 3.8) is 0 Å². The van der Waals surface area contributed by atoms with Gasteiger partial charge in [-0.25, -0.2) is 8.42 Å². The van der Waals surface area contributed by atoms with Gasteiger partial charge in [0.05, 0.1) is 17.8 Å². The quantitative estimate of drug-likeness (QED) is 0.761. The summed E-state index contributed by atoms with van der Waals surface area (Å²) in [6, 6.07) is 6.14. The van der Waals surface area contributed by atoms with Crippen molar-refractivity contribution < 1.29 is 17.9 Å². The van der Waals surface area contributed by atoms with Crippen LogP contribution >= 0.6 is 0 Å². The Morgan fingerprint density at radius 2 is 1.90 bits per heavy atom. The zero-order valence-electron chi connectivity index (χ0n) is 12.4. The van der Waals surface area contributed by atoms with Crippen molar-refractivity contribution in [2.45, 2.75) is 17.7 Å². The molecule has 0 heterocycles. The summed E-state index contributed by atoms with van der Waals surface area (Å²) >= 11 is 0. The number of amides is 1. The molecule has 118 valence electrons. The predicted molar refractivity (Wildman–Crippen MR) is 81.0 cm³/mol. The maximum Gasteiger partial charge on any atom is 0.223 e. The molecule has 0 radical (unpaired) electrons. The first-order valence-corrected chi connectivity index (χ1v) is 8.37. The van der Waals surface area contributed by atoms with E-state index in [0.717, 1.165) is 0 Å². The Balaban J connectivity index is 2.61. The minimum Gasteiger partial charge on any atom is -0.497 e. The summed E-state index contributed by atoms with van der Waals surface area (Å²) in [6.45, 7) is 1.04. The summed E-state index contributed by atoms with van der Waals surface area (Å²) in [6.07, 6.45) is 0.670. The highest BCUT2D eigenvalue weighted by Crippen LogP contribution is 2.17. The minimum absolute atomic E-state index is 0.0323. The van der Waals surface area contributed by atoms with E-state index in [2.05, 4.69) is 0 Å². The molecule has 1 rings (SSSR count). The van der Waals surface area contributed by atoms with Gasteiger partial charge in [0.15, 0.2) is 9.84 Å². The van der Waals surface area contributed by atoms with Gasteiger partial charge in [-0.15, -0.1) is 0 Å². The lowest BCUT2D eigenvalue weighted by Crippen LogP contribution is -2.30. The topological polar surface area (TPSA) is 89.7 Å². The second-order valence-electron chi connectivity index (χ2n) is 4.70. The van der Waals surface area contributed by atoms with Crippen molar-refractivity contribution in [3.8, 4) is 5.75 Å². The van der Waals surface area contributed by atoms with Gasteiger partial charge in [0.1, 0.15) is 5.75 Å². The highest BCUT2D eigenvalue weighted by atomic mass is 32.2. The molecular weight excluding hydrogens is 292 g/mol. The standard InChI is InChI=1S/C14H22N2O4S/c1-16(10-3-9-15)14(17)8-11-21(18,19)13-6-4-12(20-2)5-7-13/h4-7H,3,8-11,15H2,1-2H3. The van der Waals surface area contributed by atoms with Gasteiger partial charge in [-0.05, 0) is 37.2 Å². The number of carbonyl (C=O) groups is 1. The zero-order chi connectivity index (χ0) is 15.9. The van der Waals surface area contributed by atoms with Crippen LogP contribution in [0.3, 0.4) is 0 Å². The second-order valence-corrected chi connectivity index (χ2v) is 6.81. The molecule has 1 aromatic carbocycles. The van der Waals surface area contributed by atoms with Gasteiger partial charge in [0.2, 0.25) is 5.91 Å². The molecule has 6 nitrogen and oxygen atoms in total. The molecule has 1 amide bonds. The zero-order valence-corrected chi connectivity index (χ0v) is 13.2. The highest BCUT2D eigenvalue weighted by Gasteiger charge is 2.18. The number of methoxy groups -OCH3 is 1. The van der Waals surface area contributed by atoms with Crippen molar-refractivity contribution in [3.05, 3.63) is 24.3 Å². The third-order valence-electron chi connectivity index (χ3n) is 3.13. The van der Waals surface area contributed by atoms with Crippen LogP contribution in [0.2, 0.25) is 0 Å². The number of benzene rings is 1. The molecule has 7 heteroatoms. The third kappa shape index (κ3) is 5.35. The maximum atomic E-state index is 12.1. The van der Waals surface area contributed by atoms with Crippen LogP contribution in [-0.4, -0.2) is 52.2 Å². The summed E-state index contributed by atoms with van der Waals surface area (Å²) in [7, 11) is -0.298. The molecule has 2 N–H and O–H groups in total. The number of sulfone groups is 1. The molecule has 0 fully saturated rings. The number of nitrogens with zero attached hydrogens (tertiary/aromatic N) is 1. The fourth-order valence-corrected chi connectivity index (χ4v) is 3.00. The van der Waals surface area contributed by atoms with Crippen molar-refractivity contribution in [2.24, 2.45) is 5.73 Å². The summed E-state index contributed by atoms with van der Waals surface area (Å²) in [5, 5.41) is 0. The molecule has 1 aromatic rings. The van der Waals surface area contributed by atoms with Crippen LogP contribution in [0.25, 0.3) is 0 Å². The lowest BCUT2D eigenvalue weighted by atomic mass is 10.3. The molecule has 21 heavy (non-hydrogen) atoms. The van der Waals surface area contributed by atoms with Crippen LogP contribution in [0.1, 0.15) is 12.8 Å². The lowest BCUT2D eigenvalue weighted by molar-refractivity contribution is -0.129. The average molecular weight is 314 g/mol. The molecule has 0 aromatic heterocycles. The van der Waals surface area contributed by atoms with E-state index >= 15 is 0 Å². The van der Waals surface area contributed by atoms with E-state index < -0.39 is 9.84 Å². The van der Waals surface area contributed by atoms with E-state index in [9.17, 15) is 13.2 Å². The van der Waals surface area contributed by atoms with Gasteiger partial charge >= 0.3 is 0 Å². The van der Waals surface area contributed by atoms with Crippen molar-refractivity contribution in [1.29, 1.82) is 0 Å². The Labute approximate surface area is 125 Å². The molecule has 0 aliphatic rings. The number of nitrogens with two attached hydrogens (primary N) is 1. The fourth-order valence-electron chi connectivity index (χ4n) is 1.77. The molecule has 0 saturated heterocycles. The van der Waals surface area contributed by atoms with Crippen LogP contribution < -0.4 is 10.5 Å². The monoisotopic (exact) mass is 314 g/mol. The van der Waals surface area contributed by atoms with E-state index in [4.69, 9.17) is 10.5 Å². The van der Waals surface area contributed by atoms with Gasteiger partial charge in [0, 0.05) is 20.0 Å². The Hall–Kier alpha value is -1.60. The second kappa shape index (κ2) is 7.99. The molecule has 0 aliphatic heterocycles. The number of ether oxygens (including phenoxy) is 1. The van der Waals surface area contributed by atoms with Crippen LogP contribution in [0.15, 0.2) is 29.2 Å². The molecule has 0 aliphatic carbocycles. The molecule has 0 unspecified atom stereocenters. The fraction of sp³-hybridized carbons (Fsp3) is 0.500.